The van der Waals surface area contributed by atoms with Gasteiger partial charge in [-0.3, -0.25) is 0 Å². The van der Waals surface area contributed by atoms with Crippen molar-refractivity contribution in [2.24, 2.45) is 0 Å². The molecule has 0 amide bonds. The number of rotatable bonds is 2. The third kappa shape index (κ3) is 1.62. The fourth-order valence-electron chi connectivity index (χ4n) is 0.649. The molecule has 0 radical (unpaired) electrons. The highest BCUT2D eigenvalue weighted by Gasteiger charge is 2.04. The second-order valence-corrected chi connectivity index (χ2v) is 4.45. The van der Waals surface area contributed by atoms with E-state index in [9.17, 15) is 0 Å². The molecule has 0 aliphatic carbocycles. The number of hydrogen-bond acceptors (Lipinski definition) is 6. The number of nitrogens with one attached hydrogen (secondary N) is 1. The first-order chi connectivity index (χ1) is 5.84. The number of aromatic nitrogens is 5. The lowest BCUT2D eigenvalue weighted by atomic mass is 10.9. The monoisotopic (exact) mass is 199 g/mol. The Kier molecular flexibility index (Phi) is 2.05. The molecule has 2 aromatic rings. The standard InChI is InChI=1S/C5H5N5S2/c1-3-7-9-5(11-3)12-4-2-6-10-8-4/h2H,1H3,(H,6,8,10). The molecule has 2 aromatic heterocycles. The summed E-state index contributed by atoms with van der Waals surface area (Å²) < 4.78 is 0.890. The zero-order chi connectivity index (χ0) is 8.39. The van der Waals surface area contributed by atoms with Crippen LogP contribution in [0.1, 0.15) is 5.01 Å². The largest absolute Gasteiger partial charge is 0.197 e. The third-order valence-corrected chi connectivity index (χ3v) is 2.89. The van der Waals surface area contributed by atoms with Crippen LogP contribution in [0.25, 0.3) is 0 Å². The average molecular weight is 199 g/mol. The van der Waals surface area contributed by atoms with Crippen molar-refractivity contribution < 1.29 is 0 Å². The molecular formula is C5H5N5S2. The van der Waals surface area contributed by atoms with Crippen molar-refractivity contribution in [3.8, 4) is 0 Å². The smallest absolute Gasteiger partial charge is 0.180 e. The van der Waals surface area contributed by atoms with Crippen LogP contribution in [0.3, 0.4) is 0 Å². The van der Waals surface area contributed by atoms with Gasteiger partial charge in [0.25, 0.3) is 0 Å². The van der Waals surface area contributed by atoms with Gasteiger partial charge in [-0.25, -0.2) is 0 Å². The van der Waals surface area contributed by atoms with Crippen molar-refractivity contribution in [3.63, 3.8) is 0 Å². The number of aromatic amines is 1. The maximum atomic E-state index is 3.94. The van der Waals surface area contributed by atoms with Crippen LogP contribution in [0.2, 0.25) is 0 Å². The Morgan fingerprint density at radius 1 is 1.50 bits per heavy atom. The molecule has 1 N–H and O–H groups in total. The lowest BCUT2D eigenvalue weighted by Gasteiger charge is -1.84. The van der Waals surface area contributed by atoms with Crippen molar-refractivity contribution in [3.05, 3.63) is 11.2 Å². The van der Waals surface area contributed by atoms with Gasteiger partial charge in [-0.2, -0.15) is 10.3 Å². The summed E-state index contributed by atoms with van der Waals surface area (Å²) in [5.74, 6) is 0. The van der Waals surface area contributed by atoms with Crippen molar-refractivity contribution in [1.29, 1.82) is 0 Å². The van der Waals surface area contributed by atoms with Gasteiger partial charge in [0.1, 0.15) is 10.0 Å². The van der Waals surface area contributed by atoms with E-state index in [1.165, 1.54) is 11.8 Å². The van der Waals surface area contributed by atoms with Gasteiger partial charge in [-0.15, -0.1) is 15.3 Å². The highest BCUT2D eigenvalue weighted by molar-refractivity contribution is 8.01. The Balaban J connectivity index is 2.14. The Hall–Kier alpha value is -0.950. The molecule has 0 saturated carbocycles. The summed E-state index contributed by atoms with van der Waals surface area (Å²) in [6.45, 7) is 1.92. The fourth-order valence-corrected chi connectivity index (χ4v) is 2.30. The van der Waals surface area contributed by atoms with E-state index < -0.39 is 0 Å². The lowest BCUT2D eigenvalue weighted by Crippen LogP contribution is -1.73. The Bertz CT molecular complexity index is 354. The normalized spacial score (nSPS) is 10.4. The van der Waals surface area contributed by atoms with Gasteiger partial charge in [0.05, 0.1) is 6.20 Å². The van der Waals surface area contributed by atoms with E-state index in [1.807, 2.05) is 6.92 Å². The van der Waals surface area contributed by atoms with Crippen molar-refractivity contribution in [1.82, 2.24) is 25.6 Å². The summed E-state index contributed by atoms with van der Waals surface area (Å²) in [5, 5.41) is 19.7. The van der Waals surface area contributed by atoms with Crippen LogP contribution in [0.15, 0.2) is 15.6 Å². The van der Waals surface area contributed by atoms with E-state index in [-0.39, 0.29) is 0 Å². The molecule has 0 unspecified atom stereocenters. The minimum atomic E-state index is 0.811. The molecule has 0 aliphatic heterocycles. The van der Waals surface area contributed by atoms with Gasteiger partial charge in [0.15, 0.2) is 4.34 Å². The minimum absolute atomic E-state index is 0.811. The van der Waals surface area contributed by atoms with Gasteiger partial charge in [-0.05, 0) is 18.7 Å². The van der Waals surface area contributed by atoms with Crippen molar-refractivity contribution >= 4 is 23.1 Å². The summed E-state index contributed by atoms with van der Waals surface area (Å²) in [4.78, 5) is 0. The van der Waals surface area contributed by atoms with E-state index in [2.05, 4.69) is 25.6 Å². The molecule has 0 bridgehead atoms. The summed E-state index contributed by atoms with van der Waals surface area (Å²) in [6, 6.07) is 0. The van der Waals surface area contributed by atoms with Crippen LogP contribution in [0.5, 0.6) is 0 Å². The van der Waals surface area contributed by atoms with Crippen LogP contribution in [0, 0.1) is 6.92 Å². The zero-order valence-electron chi connectivity index (χ0n) is 6.18. The molecule has 5 nitrogen and oxygen atoms in total. The van der Waals surface area contributed by atoms with Crippen LogP contribution in [-0.2, 0) is 0 Å². The van der Waals surface area contributed by atoms with E-state index in [4.69, 9.17) is 0 Å². The number of hydrogen-bond donors (Lipinski definition) is 1. The predicted molar refractivity (Wildman–Crippen MR) is 45.2 cm³/mol. The van der Waals surface area contributed by atoms with E-state index in [0.29, 0.717) is 0 Å². The molecule has 0 saturated heterocycles. The van der Waals surface area contributed by atoms with E-state index in [1.54, 1.807) is 17.5 Å². The van der Waals surface area contributed by atoms with Gasteiger partial charge < -0.3 is 0 Å². The van der Waals surface area contributed by atoms with Crippen LogP contribution >= 0.6 is 23.1 Å². The minimum Gasteiger partial charge on any atom is -0.197 e. The first kappa shape index (κ1) is 7.69. The van der Waals surface area contributed by atoms with Crippen molar-refractivity contribution in [2.75, 3.05) is 0 Å². The van der Waals surface area contributed by atoms with E-state index in [0.717, 1.165) is 14.4 Å². The molecule has 2 heterocycles. The number of aryl methyl sites for hydroxylation is 1. The molecule has 0 atom stereocenters. The van der Waals surface area contributed by atoms with Crippen molar-refractivity contribution in [2.45, 2.75) is 16.3 Å². The number of nitrogens with zero attached hydrogens (tertiary/aromatic N) is 4. The maximum absolute atomic E-state index is 3.94. The summed E-state index contributed by atoms with van der Waals surface area (Å²) in [5.41, 5.74) is 0. The van der Waals surface area contributed by atoms with Gasteiger partial charge in [-0.1, -0.05) is 11.3 Å². The summed E-state index contributed by atoms with van der Waals surface area (Å²) in [6.07, 6.45) is 1.65. The zero-order valence-corrected chi connectivity index (χ0v) is 7.82. The fraction of sp³-hybridized carbons (Fsp3) is 0.200. The van der Waals surface area contributed by atoms with Crippen LogP contribution < -0.4 is 0 Å². The molecule has 0 aliphatic rings. The second kappa shape index (κ2) is 3.20. The van der Waals surface area contributed by atoms with Gasteiger partial charge in [0.2, 0.25) is 0 Å². The molecule has 7 heteroatoms. The van der Waals surface area contributed by atoms with Gasteiger partial charge >= 0.3 is 0 Å². The quantitative estimate of drug-likeness (QED) is 0.784. The molecule has 62 valence electrons. The average Bonchev–Trinajstić information content (AvgIpc) is 2.63. The Morgan fingerprint density at radius 2 is 2.42 bits per heavy atom. The molecular weight excluding hydrogens is 194 g/mol. The Labute approximate surface area is 76.6 Å². The molecule has 2 rings (SSSR count). The maximum Gasteiger partial charge on any atom is 0.180 e. The molecule has 0 fully saturated rings. The first-order valence-corrected chi connectivity index (χ1v) is 4.81. The highest BCUT2D eigenvalue weighted by atomic mass is 32.2. The van der Waals surface area contributed by atoms with E-state index >= 15 is 0 Å². The number of H-pyrrole nitrogens is 1. The summed E-state index contributed by atoms with van der Waals surface area (Å²) in [7, 11) is 0. The topological polar surface area (TPSA) is 67.3 Å². The lowest BCUT2D eigenvalue weighted by molar-refractivity contribution is 0.909. The molecule has 0 aromatic carbocycles. The third-order valence-electron chi connectivity index (χ3n) is 1.09. The predicted octanol–water partition coefficient (Wildman–Crippen LogP) is 1.12. The first-order valence-electron chi connectivity index (χ1n) is 3.18. The highest BCUT2D eigenvalue weighted by Crippen LogP contribution is 2.27. The summed E-state index contributed by atoms with van der Waals surface area (Å²) >= 11 is 3.00. The van der Waals surface area contributed by atoms with Gasteiger partial charge in [0, 0.05) is 0 Å². The molecule has 12 heavy (non-hydrogen) atoms. The molecule has 0 spiro atoms. The van der Waals surface area contributed by atoms with Crippen LogP contribution in [-0.4, -0.2) is 25.6 Å². The second-order valence-electron chi connectivity index (χ2n) is 2.00. The van der Waals surface area contributed by atoms with Crippen LogP contribution in [0.4, 0.5) is 0 Å². The Morgan fingerprint density at radius 3 is 3.00 bits per heavy atom. The SMILES string of the molecule is Cc1nnc(Sc2cn[nH]n2)s1.